The van der Waals surface area contributed by atoms with Crippen LogP contribution in [0.25, 0.3) is 0 Å². The van der Waals surface area contributed by atoms with Crippen LogP contribution in [0.4, 0.5) is 4.79 Å². The lowest BCUT2D eigenvalue weighted by molar-refractivity contribution is -0.135. The molecule has 1 heterocycles. The number of nitrogens with zero attached hydrogens (tertiary/aromatic N) is 1. The highest BCUT2D eigenvalue weighted by Crippen LogP contribution is 2.38. The van der Waals surface area contributed by atoms with E-state index in [2.05, 4.69) is 10.6 Å². The Labute approximate surface area is 193 Å². The maximum atomic E-state index is 13.4. The van der Waals surface area contributed by atoms with Crippen molar-refractivity contribution in [3.8, 4) is 11.5 Å². The van der Waals surface area contributed by atoms with Crippen molar-refractivity contribution < 1.29 is 23.9 Å². The number of aryl methyl sites for hydroxylation is 1. The van der Waals surface area contributed by atoms with Gasteiger partial charge in [-0.05, 0) is 60.9 Å². The number of nitrogens with one attached hydrogen (secondary N) is 2. The van der Waals surface area contributed by atoms with Crippen molar-refractivity contribution in [3.05, 3.63) is 59.2 Å². The Morgan fingerprint density at radius 1 is 1.09 bits per heavy atom. The molecular weight excluding hydrogens is 422 g/mol. The highest BCUT2D eigenvalue weighted by Gasteiger charge is 2.53. The normalized spacial score (nSPS) is 19.6. The van der Waals surface area contributed by atoms with Gasteiger partial charge in [0.25, 0.3) is 5.91 Å². The first-order valence-electron chi connectivity index (χ1n) is 11.2. The Hall–Kier alpha value is -3.55. The van der Waals surface area contributed by atoms with Gasteiger partial charge in [0.2, 0.25) is 5.91 Å². The number of urea groups is 1. The second kappa shape index (κ2) is 9.52. The number of rotatable bonds is 7. The van der Waals surface area contributed by atoms with Crippen LogP contribution in [0.15, 0.2) is 42.5 Å². The minimum Gasteiger partial charge on any atom is -0.493 e. The second-order valence-electron chi connectivity index (χ2n) is 8.38. The van der Waals surface area contributed by atoms with Gasteiger partial charge in [-0.15, -0.1) is 0 Å². The number of ether oxygens (including phenoxy) is 2. The molecule has 2 aliphatic rings. The molecule has 1 atom stereocenters. The van der Waals surface area contributed by atoms with Gasteiger partial charge in [0.15, 0.2) is 11.5 Å². The van der Waals surface area contributed by atoms with Gasteiger partial charge >= 0.3 is 6.03 Å². The molecule has 1 aliphatic carbocycles. The Morgan fingerprint density at radius 2 is 1.88 bits per heavy atom. The van der Waals surface area contributed by atoms with Gasteiger partial charge in [0, 0.05) is 6.54 Å². The zero-order valence-electron chi connectivity index (χ0n) is 19.0. The van der Waals surface area contributed by atoms with Gasteiger partial charge in [-0.3, -0.25) is 14.5 Å². The highest BCUT2D eigenvalue weighted by atomic mass is 16.5. The van der Waals surface area contributed by atoms with Gasteiger partial charge in [0.05, 0.1) is 14.2 Å². The number of carbonyl (C=O) groups excluding carboxylic acids is 3. The average molecular weight is 452 g/mol. The molecule has 1 spiro atoms. The molecule has 1 saturated heterocycles. The molecule has 1 aliphatic heterocycles. The molecule has 8 heteroatoms. The van der Waals surface area contributed by atoms with Crippen LogP contribution in [-0.4, -0.2) is 50.1 Å². The molecule has 0 bridgehead atoms. The second-order valence-corrected chi connectivity index (χ2v) is 8.38. The zero-order valence-corrected chi connectivity index (χ0v) is 19.0. The lowest BCUT2D eigenvalue weighted by Gasteiger charge is -2.27. The van der Waals surface area contributed by atoms with E-state index in [1.54, 1.807) is 14.2 Å². The van der Waals surface area contributed by atoms with E-state index in [0.29, 0.717) is 30.9 Å². The van der Waals surface area contributed by atoms with E-state index in [0.717, 1.165) is 40.9 Å². The molecule has 0 aromatic heterocycles. The Balaban J connectivity index is 1.39. The van der Waals surface area contributed by atoms with Crippen molar-refractivity contribution in [2.24, 2.45) is 0 Å². The summed E-state index contributed by atoms with van der Waals surface area (Å²) in [6.07, 6.45) is 3.76. The lowest BCUT2D eigenvalue weighted by atomic mass is 9.84. The largest absolute Gasteiger partial charge is 0.493 e. The fourth-order valence-electron chi connectivity index (χ4n) is 4.70. The van der Waals surface area contributed by atoms with Gasteiger partial charge < -0.3 is 20.1 Å². The summed E-state index contributed by atoms with van der Waals surface area (Å²) in [6.45, 7) is 0.0620. The molecule has 2 aromatic rings. The van der Waals surface area contributed by atoms with E-state index in [1.807, 2.05) is 42.5 Å². The van der Waals surface area contributed by atoms with Crippen LogP contribution in [0.5, 0.6) is 11.5 Å². The maximum absolute atomic E-state index is 13.4. The molecular formula is C25H29N3O5. The van der Waals surface area contributed by atoms with Crippen LogP contribution in [0, 0.1) is 0 Å². The quantitative estimate of drug-likeness (QED) is 0.631. The first kappa shape index (κ1) is 22.6. The molecule has 0 saturated carbocycles. The molecule has 174 valence electrons. The predicted octanol–water partition coefficient (Wildman–Crippen LogP) is 2.54. The summed E-state index contributed by atoms with van der Waals surface area (Å²) < 4.78 is 10.5. The standard InChI is InChI=1S/C25H29N3O5/c1-32-20-11-10-17(15-21(20)33-2)12-14-26-22(29)16-28-23(30)25(27-24(28)31)13-6-5-8-18-7-3-4-9-19(18)25/h3-4,7,9-11,15H,5-6,8,12-14,16H2,1-2H3,(H,26,29)(H,27,31)/t25-/m0/s1. The molecule has 4 rings (SSSR count). The number of methoxy groups -OCH3 is 2. The highest BCUT2D eigenvalue weighted by molar-refractivity contribution is 6.09. The average Bonchev–Trinajstić information content (AvgIpc) is 2.96. The first-order chi connectivity index (χ1) is 16.0. The zero-order chi connectivity index (χ0) is 23.4. The Kier molecular flexibility index (Phi) is 6.53. The summed E-state index contributed by atoms with van der Waals surface area (Å²) in [4.78, 5) is 39.7. The molecule has 4 amide bonds. The molecule has 2 N–H and O–H groups in total. The third kappa shape index (κ3) is 4.37. The number of fused-ring (bicyclic) bond motifs is 2. The van der Waals surface area contributed by atoms with Crippen LogP contribution in [0.3, 0.4) is 0 Å². The first-order valence-corrected chi connectivity index (χ1v) is 11.2. The van der Waals surface area contributed by atoms with Crippen molar-refractivity contribution in [2.45, 2.75) is 37.6 Å². The number of amides is 4. The number of carbonyl (C=O) groups is 3. The minimum atomic E-state index is -1.08. The molecule has 0 unspecified atom stereocenters. The van der Waals surface area contributed by atoms with Crippen LogP contribution in [-0.2, 0) is 28.0 Å². The molecule has 8 nitrogen and oxygen atoms in total. The SMILES string of the molecule is COc1ccc(CCNC(=O)CN2C(=O)N[C@]3(CCCCc4ccccc43)C2=O)cc1OC. The third-order valence-electron chi connectivity index (χ3n) is 6.39. The fourth-order valence-corrected chi connectivity index (χ4v) is 4.70. The van der Waals surface area contributed by atoms with E-state index >= 15 is 0 Å². The van der Waals surface area contributed by atoms with Crippen LogP contribution in [0.2, 0.25) is 0 Å². The third-order valence-corrected chi connectivity index (χ3v) is 6.39. The van der Waals surface area contributed by atoms with Crippen LogP contribution in [0.1, 0.15) is 36.0 Å². The molecule has 1 fully saturated rings. The number of benzene rings is 2. The number of hydrogen-bond donors (Lipinski definition) is 2. The topological polar surface area (TPSA) is 97.0 Å². The summed E-state index contributed by atoms with van der Waals surface area (Å²) in [5.74, 6) is 0.530. The lowest BCUT2D eigenvalue weighted by Crippen LogP contribution is -2.45. The number of hydrogen-bond acceptors (Lipinski definition) is 5. The van der Waals surface area contributed by atoms with Crippen LogP contribution < -0.4 is 20.1 Å². The van der Waals surface area contributed by atoms with Crippen LogP contribution >= 0.6 is 0 Å². The van der Waals surface area contributed by atoms with Gasteiger partial charge in [-0.2, -0.15) is 0 Å². The maximum Gasteiger partial charge on any atom is 0.325 e. The number of imide groups is 1. The molecule has 2 aromatic carbocycles. The van der Waals surface area contributed by atoms with Gasteiger partial charge in [0.1, 0.15) is 12.1 Å². The summed E-state index contributed by atoms with van der Waals surface area (Å²) in [6, 6.07) is 12.8. The van der Waals surface area contributed by atoms with E-state index < -0.39 is 11.6 Å². The van der Waals surface area contributed by atoms with Crippen molar-refractivity contribution in [3.63, 3.8) is 0 Å². The van der Waals surface area contributed by atoms with Gasteiger partial charge in [-0.1, -0.05) is 30.3 Å². The van der Waals surface area contributed by atoms with E-state index in [1.165, 1.54) is 0 Å². The Bertz CT molecular complexity index is 1070. The fraction of sp³-hybridized carbons (Fsp3) is 0.400. The minimum absolute atomic E-state index is 0.305. The Morgan fingerprint density at radius 3 is 2.67 bits per heavy atom. The molecule has 33 heavy (non-hydrogen) atoms. The van der Waals surface area contributed by atoms with Crippen molar-refractivity contribution in [1.82, 2.24) is 15.5 Å². The monoisotopic (exact) mass is 451 g/mol. The molecule has 0 radical (unpaired) electrons. The van der Waals surface area contributed by atoms with Crippen molar-refractivity contribution in [2.75, 3.05) is 27.3 Å². The van der Waals surface area contributed by atoms with E-state index in [4.69, 9.17) is 9.47 Å². The van der Waals surface area contributed by atoms with Crippen molar-refractivity contribution >= 4 is 17.8 Å². The summed E-state index contributed by atoms with van der Waals surface area (Å²) >= 11 is 0. The van der Waals surface area contributed by atoms with E-state index in [9.17, 15) is 14.4 Å². The smallest absolute Gasteiger partial charge is 0.325 e. The predicted molar refractivity (Wildman–Crippen MR) is 122 cm³/mol. The van der Waals surface area contributed by atoms with E-state index in [-0.39, 0.29) is 18.4 Å². The summed E-state index contributed by atoms with van der Waals surface area (Å²) in [5.41, 5.74) is 1.81. The summed E-state index contributed by atoms with van der Waals surface area (Å²) in [5, 5.41) is 5.71. The summed E-state index contributed by atoms with van der Waals surface area (Å²) in [7, 11) is 3.15. The van der Waals surface area contributed by atoms with Crippen molar-refractivity contribution in [1.29, 1.82) is 0 Å². The van der Waals surface area contributed by atoms with Gasteiger partial charge in [-0.25, -0.2) is 4.79 Å².